The number of hydrogen-bond acceptors (Lipinski definition) is 4. The van der Waals surface area contributed by atoms with Crippen LogP contribution in [-0.4, -0.2) is 22.6 Å². The summed E-state index contributed by atoms with van der Waals surface area (Å²) in [7, 11) is 0. The van der Waals surface area contributed by atoms with Gasteiger partial charge in [-0.25, -0.2) is 4.98 Å². The number of nitrogens with one attached hydrogen (secondary N) is 1. The molecule has 0 saturated heterocycles. The maximum Gasteiger partial charge on any atom is 0.220 e. The Morgan fingerprint density at radius 1 is 1.56 bits per heavy atom. The van der Waals surface area contributed by atoms with Gasteiger partial charge in [0.1, 0.15) is 5.01 Å². The number of carbonyl (C=O) groups is 1. The van der Waals surface area contributed by atoms with E-state index in [0.717, 1.165) is 11.4 Å². The van der Waals surface area contributed by atoms with E-state index in [1.165, 1.54) is 11.3 Å². The summed E-state index contributed by atoms with van der Waals surface area (Å²) < 4.78 is 0. The molecule has 0 aliphatic carbocycles. The van der Waals surface area contributed by atoms with Crippen molar-refractivity contribution in [3.8, 4) is 0 Å². The molecular formula is C11H18N2O2S. The van der Waals surface area contributed by atoms with Gasteiger partial charge in [0.05, 0.1) is 5.54 Å². The number of thiazole rings is 1. The highest BCUT2D eigenvalue weighted by Gasteiger charge is 2.24. The largest absolute Gasteiger partial charge is 0.396 e. The number of unbranched alkanes of at least 4 members (excludes halogenated alkanes) is 1. The van der Waals surface area contributed by atoms with E-state index in [9.17, 15) is 4.79 Å². The Kier molecular flexibility index (Phi) is 4.89. The second kappa shape index (κ2) is 5.96. The van der Waals surface area contributed by atoms with Crippen LogP contribution in [0.5, 0.6) is 0 Å². The summed E-state index contributed by atoms with van der Waals surface area (Å²) in [5.74, 6) is 0.00801. The number of aliphatic hydroxyl groups excluding tert-OH is 1. The number of nitrogens with zero attached hydrogens (tertiary/aromatic N) is 1. The second-order valence-electron chi connectivity index (χ2n) is 4.19. The summed E-state index contributed by atoms with van der Waals surface area (Å²) in [6.45, 7) is 4.02. The van der Waals surface area contributed by atoms with Crippen LogP contribution in [0.4, 0.5) is 0 Å². The Bertz CT molecular complexity index is 323. The standard InChI is InChI=1S/C11H18N2O2S/c1-11(2,10-12-6-8-16-10)13-9(15)5-3-4-7-14/h6,8,14H,3-5,7H2,1-2H3,(H,13,15). The molecule has 1 amide bonds. The predicted octanol–water partition coefficient (Wildman–Crippen LogP) is 1.66. The van der Waals surface area contributed by atoms with Crippen LogP contribution in [-0.2, 0) is 10.3 Å². The minimum absolute atomic E-state index is 0.00801. The highest BCUT2D eigenvalue weighted by molar-refractivity contribution is 7.09. The van der Waals surface area contributed by atoms with Crippen molar-refractivity contribution in [3.05, 3.63) is 16.6 Å². The van der Waals surface area contributed by atoms with E-state index in [2.05, 4.69) is 10.3 Å². The third-order valence-electron chi connectivity index (χ3n) is 2.23. The number of amides is 1. The SMILES string of the molecule is CC(C)(NC(=O)CCCCO)c1nccs1. The lowest BCUT2D eigenvalue weighted by Crippen LogP contribution is -2.40. The lowest BCUT2D eigenvalue weighted by atomic mass is 10.1. The van der Waals surface area contributed by atoms with Gasteiger partial charge < -0.3 is 10.4 Å². The van der Waals surface area contributed by atoms with Crippen LogP contribution in [0.1, 0.15) is 38.1 Å². The number of carbonyl (C=O) groups excluding carboxylic acids is 1. The fourth-order valence-electron chi connectivity index (χ4n) is 1.39. The first-order valence-corrected chi connectivity index (χ1v) is 6.26. The summed E-state index contributed by atoms with van der Waals surface area (Å²) in [5, 5.41) is 14.4. The summed E-state index contributed by atoms with van der Waals surface area (Å²) in [6.07, 6.45) is 3.58. The smallest absolute Gasteiger partial charge is 0.220 e. The molecule has 0 aliphatic rings. The van der Waals surface area contributed by atoms with Crippen molar-refractivity contribution in [3.63, 3.8) is 0 Å². The van der Waals surface area contributed by atoms with Gasteiger partial charge in [-0.3, -0.25) is 4.79 Å². The van der Waals surface area contributed by atoms with Gasteiger partial charge in [-0.2, -0.15) is 0 Å². The Morgan fingerprint density at radius 3 is 2.88 bits per heavy atom. The van der Waals surface area contributed by atoms with Crippen LogP contribution < -0.4 is 5.32 Å². The van der Waals surface area contributed by atoms with Crippen molar-refractivity contribution in [1.82, 2.24) is 10.3 Å². The Labute approximate surface area is 99.7 Å². The van der Waals surface area contributed by atoms with Crippen LogP contribution >= 0.6 is 11.3 Å². The average Bonchev–Trinajstić information content (AvgIpc) is 2.70. The summed E-state index contributed by atoms with van der Waals surface area (Å²) in [6, 6.07) is 0. The molecule has 1 aromatic rings. The van der Waals surface area contributed by atoms with Crippen molar-refractivity contribution in [2.24, 2.45) is 0 Å². The minimum Gasteiger partial charge on any atom is -0.396 e. The van der Waals surface area contributed by atoms with Gasteiger partial charge in [-0.15, -0.1) is 11.3 Å². The summed E-state index contributed by atoms with van der Waals surface area (Å²) in [4.78, 5) is 15.8. The average molecular weight is 242 g/mol. The minimum atomic E-state index is -0.412. The van der Waals surface area contributed by atoms with Gasteiger partial charge in [0.15, 0.2) is 0 Å². The zero-order chi connectivity index (χ0) is 12.0. The molecule has 5 heteroatoms. The van der Waals surface area contributed by atoms with E-state index < -0.39 is 5.54 Å². The Balaban J connectivity index is 2.43. The summed E-state index contributed by atoms with van der Waals surface area (Å²) in [5.41, 5.74) is -0.412. The topological polar surface area (TPSA) is 62.2 Å². The van der Waals surface area contributed by atoms with Crippen LogP contribution in [0.25, 0.3) is 0 Å². The molecule has 0 aliphatic heterocycles. The second-order valence-corrected chi connectivity index (χ2v) is 5.09. The van der Waals surface area contributed by atoms with E-state index in [4.69, 9.17) is 5.11 Å². The quantitative estimate of drug-likeness (QED) is 0.746. The summed E-state index contributed by atoms with van der Waals surface area (Å²) >= 11 is 1.53. The van der Waals surface area contributed by atoms with Crippen molar-refractivity contribution >= 4 is 17.2 Å². The van der Waals surface area contributed by atoms with Crippen molar-refractivity contribution in [1.29, 1.82) is 0 Å². The maximum absolute atomic E-state index is 11.6. The highest BCUT2D eigenvalue weighted by atomic mass is 32.1. The molecule has 0 bridgehead atoms. The Morgan fingerprint density at radius 2 is 2.31 bits per heavy atom. The molecular weight excluding hydrogens is 224 g/mol. The van der Waals surface area contributed by atoms with Gasteiger partial charge in [0.25, 0.3) is 0 Å². The molecule has 0 radical (unpaired) electrons. The lowest BCUT2D eigenvalue weighted by Gasteiger charge is -2.23. The molecule has 0 spiro atoms. The van der Waals surface area contributed by atoms with Crippen molar-refractivity contribution in [2.75, 3.05) is 6.61 Å². The van der Waals surface area contributed by atoms with Crippen molar-refractivity contribution < 1.29 is 9.90 Å². The van der Waals surface area contributed by atoms with E-state index in [1.807, 2.05) is 19.2 Å². The number of hydrogen-bond donors (Lipinski definition) is 2. The molecule has 1 heterocycles. The molecule has 0 saturated carbocycles. The number of aromatic nitrogens is 1. The predicted molar refractivity (Wildman–Crippen MR) is 64.2 cm³/mol. The Hall–Kier alpha value is -0.940. The van der Waals surface area contributed by atoms with E-state index >= 15 is 0 Å². The van der Waals surface area contributed by atoms with Crippen LogP contribution in [0.3, 0.4) is 0 Å². The first kappa shape index (κ1) is 13.1. The maximum atomic E-state index is 11.6. The van der Waals surface area contributed by atoms with Gasteiger partial charge in [-0.05, 0) is 26.7 Å². The first-order valence-electron chi connectivity index (χ1n) is 5.38. The molecule has 90 valence electrons. The molecule has 0 unspecified atom stereocenters. The fourth-order valence-corrected chi connectivity index (χ4v) is 2.11. The third kappa shape index (κ3) is 3.90. The normalized spacial score (nSPS) is 11.4. The zero-order valence-corrected chi connectivity index (χ0v) is 10.5. The molecule has 16 heavy (non-hydrogen) atoms. The molecule has 0 fully saturated rings. The molecule has 2 N–H and O–H groups in total. The first-order chi connectivity index (χ1) is 7.56. The molecule has 4 nitrogen and oxygen atoms in total. The lowest BCUT2D eigenvalue weighted by molar-refractivity contribution is -0.122. The monoisotopic (exact) mass is 242 g/mol. The molecule has 1 rings (SSSR count). The molecule has 0 atom stereocenters. The number of rotatable bonds is 6. The van der Waals surface area contributed by atoms with Crippen LogP contribution in [0, 0.1) is 0 Å². The van der Waals surface area contributed by atoms with Crippen molar-refractivity contribution in [2.45, 2.75) is 38.6 Å². The van der Waals surface area contributed by atoms with E-state index in [0.29, 0.717) is 12.8 Å². The van der Waals surface area contributed by atoms with Gasteiger partial charge >= 0.3 is 0 Å². The highest BCUT2D eigenvalue weighted by Crippen LogP contribution is 2.22. The van der Waals surface area contributed by atoms with Crippen LogP contribution in [0.15, 0.2) is 11.6 Å². The molecule has 1 aromatic heterocycles. The number of aliphatic hydroxyl groups is 1. The third-order valence-corrected chi connectivity index (χ3v) is 3.33. The van der Waals surface area contributed by atoms with Gasteiger partial charge in [0.2, 0.25) is 5.91 Å². The fraction of sp³-hybridized carbons (Fsp3) is 0.636. The van der Waals surface area contributed by atoms with E-state index in [-0.39, 0.29) is 12.5 Å². The van der Waals surface area contributed by atoms with Crippen LogP contribution in [0.2, 0.25) is 0 Å². The van der Waals surface area contributed by atoms with Gasteiger partial charge in [0, 0.05) is 24.6 Å². The molecule has 0 aromatic carbocycles. The van der Waals surface area contributed by atoms with Gasteiger partial charge in [-0.1, -0.05) is 0 Å². The zero-order valence-electron chi connectivity index (χ0n) is 9.69. The van der Waals surface area contributed by atoms with E-state index in [1.54, 1.807) is 6.20 Å².